The van der Waals surface area contributed by atoms with Crippen LogP contribution in [0.15, 0.2) is 42.7 Å². The normalized spacial score (nSPS) is 14.2. The Morgan fingerprint density at radius 1 is 1.30 bits per heavy atom. The van der Waals surface area contributed by atoms with Crippen LogP contribution < -0.4 is 9.64 Å². The molecule has 1 aliphatic carbocycles. The lowest BCUT2D eigenvalue weighted by atomic mass is 10.2. The SMILES string of the molecule is COc1cccc(CN(C)c2nccn3nc(C4CC4)cc23)c1. The van der Waals surface area contributed by atoms with Crippen molar-refractivity contribution in [2.24, 2.45) is 0 Å². The van der Waals surface area contributed by atoms with Crippen LogP contribution in [0.3, 0.4) is 0 Å². The summed E-state index contributed by atoms with van der Waals surface area (Å²) in [5, 5.41) is 4.68. The number of ether oxygens (including phenoxy) is 1. The first-order valence-corrected chi connectivity index (χ1v) is 7.93. The fraction of sp³-hybridized carbons (Fsp3) is 0.333. The van der Waals surface area contributed by atoms with E-state index in [1.54, 1.807) is 7.11 Å². The molecule has 0 amide bonds. The maximum Gasteiger partial charge on any atom is 0.154 e. The molecular formula is C18H20N4O. The van der Waals surface area contributed by atoms with Crippen molar-refractivity contribution in [3.8, 4) is 5.75 Å². The van der Waals surface area contributed by atoms with Crippen molar-refractivity contribution >= 4 is 11.3 Å². The minimum absolute atomic E-state index is 0.645. The van der Waals surface area contributed by atoms with Crippen LogP contribution in [0.2, 0.25) is 0 Å². The molecule has 0 unspecified atom stereocenters. The Morgan fingerprint density at radius 3 is 2.96 bits per heavy atom. The van der Waals surface area contributed by atoms with Gasteiger partial charge >= 0.3 is 0 Å². The molecule has 2 heterocycles. The summed E-state index contributed by atoms with van der Waals surface area (Å²) >= 11 is 0. The standard InChI is InChI=1S/C18H20N4O/c1-21(12-13-4-3-5-15(10-13)23-2)18-17-11-16(14-6-7-14)20-22(17)9-8-19-18/h3-5,8-11,14H,6-7,12H2,1-2H3. The first kappa shape index (κ1) is 14.1. The number of rotatable bonds is 5. The summed E-state index contributed by atoms with van der Waals surface area (Å²) in [5.74, 6) is 2.48. The molecule has 23 heavy (non-hydrogen) atoms. The third-order valence-corrected chi connectivity index (χ3v) is 4.30. The number of aromatic nitrogens is 3. The highest BCUT2D eigenvalue weighted by Gasteiger charge is 2.27. The third kappa shape index (κ3) is 2.74. The molecule has 3 aromatic rings. The van der Waals surface area contributed by atoms with Gasteiger partial charge in [-0.15, -0.1) is 0 Å². The maximum atomic E-state index is 5.30. The molecule has 1 aliphatic rings. The summed E-state index contributed by atoms with van der Waals surface area (Å²) in [6.45, 7) is 0.772. The molecule has 0 radical (unpaired) electrons. The van der Waals surface area contributed by atoms with Gasteiger partial charge in [0, 0.05) is 31.9 Å². The molecule has 118 valence electrons. The highest BCUT2D eigenvalue weighted by Crippen LogP contribution is 2.40. The summed E-state index contributed by atoms with van der Waals surface area (Å²) in [7, 11) is 3.75. The zero-order chi connectivity index (χ0) is 15.8. The fourth-order valence-corrected chi connectivity index (χ4v) is 2.92. The summed E-state index contributed by atoms with van der Waals surface area (Å²) in [5.41, 5.74) is 3.45. The summed E-state index contributed by atoms with van der Waals surface area (Å²) in [6, 6.07) is 10.3. The van der Waals surface area contributed by atoms with E-state index in [2.05, 4.69) is 40.2 Å². The number of fused-ring (bicyclic) bond motifs is 1. The Balaban J connectivity index is 1.64. The van der Waals surface area contributed by atoms with Crippen molar-refractivity contribution in [3.63, 3.8) is 0 Å². The maximum absolute atomic E-state index is 5.30. The number of benzene rings is 1. The van der Waals surface area contributed by atoms with Gasteiger partial charge in [0.1, 0.15) is 11.3 Å². The Bertz CT molecular complexity index is 838. The van der Waals surface area contributed by atoms with Gasteiger partial charge in [-0.2, -0.15) is 5.10 Å². The molecule has 0 spiro atoms. The first-order valence-electron chi connectivity index (χ1n) is 7.93. The average Bonchev–Trinajstić information content (AvgIpc) is 3.33. The van der Waals surface area contributed by atoms with E-state index < -0.39 is 0 Å². The molecule has 2 aromatic heterocycles. The molecule has 0 atom stereocenters. The van der Waals surface area contributed by atoms with Gasteiger partial charge in [0.25, 0.3) is 0 Å². The topological polar surface area (TPSA) is 42.7 Å². The lowest BCUT2D eigenvalue weighted by Gasteiger charge is -2.19. The summed E-state index contributed by atoms with van der Waals surface area (Å²) < 4.78 is 7.24. The molecule has 0 bridgehead atoms. The fourth-order valence-electron chi connectivity index (χ4n) is 2.92. The highest BCUT2D eigenvalue weighted by molar-refractivity contribution is 5.69. The van der Waals surface area contributed by atoms with E-state index in [0.29, 0.717) is 5.92 Å². The molecular weight excluding hydrogens is 288 g/mol. The van der Waals surface area contributed by atoms with Gasteiger partial charge in [0.2, 0.25) is 0 Å². The van der Waals surface area contributed by atoms with Crippen LogP contribution in [0.1, 0.15) is 30.0 Å². The molecule has 4 rings (SSSR count). The predicted molar refractivity (Wildman–Crippen MR) is 90.1 cm³/mol. The van der Waals surface area contributed by atoms with E-state index in [0.717, 1.165) is 23.6 Å². The molecule has 5 heteroatoms. The monoisotopic (exact) mass is 308 g/mol. The van der Waals surface area contributed by atoms with Crippen LogP contribution in [0.5, 0.6) is 5.75 Å². The summed E-state index contributed by atoms with van der Waals surface area (Å²) in [6.07, 6.45) is 6.25. The Morgan fingerprint density at radius 2 is 2.17 bits per heavy atom. The molecule has 0 saturated heterocycles. The molecule has 1 aromatic carbocycles. The van der Waals surface area contributed by atoms with Gasteiger partial charge in [-0.25, -0.2) is 9.50 Å². The summed E-state index contributed by atoms with van der Waals surface area (Å²) in [4.78, 5) is 6.73. The van der Waals surface area contributed by atoms with Gasteiger partial charge in [-0.3, -0.25) is 0 Å². The second kappa shape index (κ2) is 5.57. The van der Waals surface area contributed by atoms with Gasteiger partial charge in [-0.05, 0) is 36.6 Å². The molecule has 0 N–H and O–H groups in total. The van der Waals surface area contributed by atoms with Crippen molar-refractivity contribution < 1.29 is 4.74 Å². The van der Waals surface area contributed by atoms with Crippen molar-refractivity contribution in [1.82, 2.24) is 14.6 Å². The van der Waals surface area contributed by atoms with Crippen LogP contribution in [0, 0.1) is 0 Å². The van der Waals surface area contributed by atoms with E-state index in [1.165, 1.54) is 24.1 Å². The number of methoxy groups -OCH3 is 1. The average molecular weight is 308 g/mol. The Hall–Kier alpha value is -2.56. The number of nitrogens with zero attached hydrogens (tertiary/aromatic N) is 4. The van der Waals surface area contributed by atoms with Crippen molar-refractivity contribution in [1.29, 1.82) is 0 Å². The van der Waals surface area contributed by atoms with Crippen molar-refractivity contribution in [3.05, 3.63) is 54.0 Å². The van der Waals surface area contributed by atoms with E-state index in [4.69, 9.17) is 4.74 Å². The zero-order valence-corrected chi connectivity index (χ0v) is 13.4. The Kier molecular flexibility index (Phi) is 3.41. The number of anilines is 1. The van der Waals surface area contributed by atoms with Gasteiger partial charge in [0.15, 0.2) is 5.82 Å². The molecule has 1 saturated carbocycles. The van der Waals surface area contributed by atoms with Gasteiger partial charge in [0.05, 0.1) is 12.8 Å². The van der Waals surface area contributed by atoms with Gasteiger partial charge < -0.3 is 9.64 Å². The van der Waals surface area contributed by atoms with Crippen molar-refractivity contribution in [2.45, 2.75) is 25.3 Å². The quantitative estimate of drug-likeness (QED) is 0.725. The molecule has 0 aliphatic heterocycles. The first-order chi connectivity index (χ1) is 11.2. The second-order valence-electron chi connectivity index (χ2n) is 6.13. The largest absolute Gasteiger partial charge is 0.497 e. The minimum Gasteiger partial charge on any atom is -0.497 e. The van der Waals surface area contributed by atoms with Crippen LogP contribution >= 0.6 is 0 Å². The lowest BCUT2D eigenvalue weighted by Crippen LogP contribution is -2.18. The van der Waals surface area contributed by atoms with E-state index in [9.17, 15) is 0 Å². The van der Waals surface area contributed by atoms with Crippen LogP contribution in [0.25, 0.3) is 5.52 Å². The van der Waals surface area contributed by atoms with Crippen molar-refractivity contribution in [2.75, 3.05) is 19.1 Å². The third-order valence-electron chi connectivity index (χ3n) is 4.30. The Labute approximate surface area is 135 Å². The lowest BCUT2D eigenvalue weighted by molar-refractivity contribution is 0.414. The predicted octanol–water partition coefficient (Wildman–Crippen LogP) is 3.25. The molecule has 5 nitrogen and oxygen atoms in total. The minimum atomic E-state index is 0.645. The van der Waals surface area contributed by atoms with Crippen LogP contribution in [-0.2, 0) is 6.54 Å². The highest BCUT2D eigenvalue weighted by atomic mass is 16.5. The number of hydrogen-bond donors (Lipinski definition) is 0. The number of hydrogen-bond acceptors (Lipinski definition) is 4. The van der Waals surface area contributed by atoms with Crippen LogP contribution in [-0.4, -0.2) is 28.8 Å². The van der Waals surface area contributed by atoms with Crippen LogP contribution in [0.4, 0.5) is 5.82 Å². The van der Waals surface area contributed by atoms with E-state index in [1.807, 2.05) is 29.0 Å². The van der Waals surface area contributed by atoms with E-state index >= 15 is 0 Å². The zero-order valence-electron chi connectivity index (χ0n) is 13.4. The smallest absolute Gasteiger partial charge is 0.154 e. The second-order valence-corrected chi connectivity index (χ2v) is 6.13. The molecule has 1 fully saturated rings. The van der Waals surface area contributed by atoms with Gasteiger partial charge in [-0.1, -0.05) is 12.1 Å². The van der Waals surface area contributed by atoms with E-state index in [-0.39, 0.29) is 0 Å².